The molecular weight excluding hydrogens is 281 g/mol. The average Bonchev–Trinajstić information content (AvgIpc) is 2.44. The standard InChI is InChI=1S/C15H19F3N2O/c16-15(17,18)12-7-3-1-5-10(12)9-20-14(21)11-6-2-4-8-13(11)19/h1,3,5,7,11,13H,2,4,6,8-9,19H2,(H,20,21). The molecule has 1 aromatic rings. The first-order chi connectivity index (χ1) is 9.89. The van der Waals surface area contributed by atoms with Gasteiger partial charge in [-0.05, 0) is 24.5 Å². The Hall–Kier alpha value is -1.56. The van der Waals surface area contributed by atoms with Crippen molar-refractivity contribution in [2.24, 2.45) is 11.7 Å². The molecule has 2 atom stereocenters. The second-order valence-corrected chi connectivity index (χ2v) is 5.43. The van der Waals surface area contributed by atoms with E-state index >= 15 is 0 Å². The van der Waals surface area contributed by atoms with Crippen LogP contribution in [0.1, 0.15) is 36.8 Å². The topological polar surface area (TPSA) is 55.1 Å². The van der Waals surface area contributed by atoms with Crippen molar-refractivity contribution in [3.05, 3.63) is 35.4 Å². The van der Waals surface area contributed by atoms with Crippen LogP contribution in [0.4, 0.5) is 13.2 Å². The van der Waals surface area contributed by atoms with Crippen molar-refractivity contribution in [2.75, 3.05) is 0 Å². The van der Waals surface area contributed by atoms with Crippen LogP contribution in [0.3, 0.4) is 0 Å². The molecular formula is C15H19F3N2O. The van der Waals surface area contributed by atoms with Crippen LogP contribution in [0.15, 0.2) is 24.3 Å². The van der Waals surface area contributed by atoms with E-state index in [2.05, 4.69) is 5.32 Å². The Morgan fingerprint density at radius 2 is 1.90 bits per heavy atom. The lowest BCUT2D eigenvalue weighted by atomic mass is 9.84. The zero-order valence-electron chi connectivity index (χ0n) is 11.6. The van der Waals surface area contributed by atoms with E-state index < -0.39 is 11.7 Å². The number of nitrogens with two attached hydrogens (primary N) is 1. The van der Waals surface area contributed by atoms with Crippen LogP contribution >= 0.6 is 0 Å². The third-order valence-corrected chi connectivity index (χ3v) is 3.93. The molecule has 0 radical (unpaired) electrons. The molecule has 0 bridgehead atoms. The number of hydrogen-bond donors (Lipinski definition) is 2. The maximum absolute atomic E-state index is 12.9. The van der Waals surface area contributed by atoms with Crippen molar-refractivity contribution in [2.45, 2.75) is 44.4 Å². The Balaban J connectivity index is 2.01. The summed E-state index contributed by atoms with van der Waals surface area (Å²) >= 11 is 0. The van der Waals surface area contributed by atoms with Crippen molar-refractivity contribution >= 4 is 5.91 Å². The minimum atomic E-state index is -4.41. The molecule has 2 unspecified atom stereocenters. The Kier molecular flexibility index (Phi) is 4.88. The van der Waals surface area contributed by atoms with Gasteiger partial charge in [0, 0.05) is 12.6 Å². The Morgan fingerprint density at radius 1 is 1.24 bits per heavy atom. The lowest BCUT2D eigenvalue weighted by Crippen LogP contribution is -2.43. The van der Waals surface area contributed by atoms with Crippen LogP contribution in [-0.2, 0) is 17.5 Å². The highest BCUT2D eigenvalue weighted by Gasteiger charge is 2.33. The SMILES string of the molecule is NC1CCCCC1C(=O)NCc1ccccc1C(F)(F)F. The van der Waals surface area contributed by atoms with Gasteiger partial charge in [0.25, 0.3) is 0 Å². The van der Waals surface area contributed by atoms with Crippen molar-refractivity contribution in [1.82, 2.24) is 5.32 Å². The molecule has 1 amide bonds. The fraction of sp³-hybridized carbons (Fsp3) is 0.533. The van der Waals surface area contributed by atoms with E-state index in [1.165, 1.54) is 18.2 Å². The fourth-order valence-electron chi connectivity index (χ4n) is 2.75. The Labute approximate surface area is 121 Å². The van der Waals surface area contributed by atoms with E-state index in [4.69, 9.17) is 5.73 Å². The zero-order chi connectivity index (χ0) is 15.5. The van der Waals surface area contributed by atoms with Gasteiger partial charge in [0.1, 0.15) is 0 Å². The van der Waals surface area contributed by atoms with Crippen molar-refractivity contribution < 1.29 is 18.0 Å². The summed E-state index contributed by atoms with van der Waals surface area (Å²) in [5.74, 6) is -0.545. The van der Waals surface area contributed by atoms with Gasteiger partial charge in [-0.2, -0.15) is 13.2 Å². The normalized spacial score (nSPS) is 22.9. The monoisotopic (exact) mass is 300 g/mol. The smallest absolute Gasteiger partial charge is 0.352 e. The third-order valence-electron chi connectivity index (χ3n) is 3.93. The van der Waals surface area contributed by atoms with Crippen LogP contribution in [0, 0.1) is 5.92 Å². The van der Waals surface area contributed by atoms with Crippen molar-refractivity contribution in [3.63, 3.8) is 0 Å². The molecule has 6 heteroatoms. The van der Waals surface area contributed by atoms with Crippen LogP contribution in [0.2, 0.25) is 0 Å². The second kappa shape index (κ2) is 6.47. The van der Waals surface area contributed by atoms with Crippen molar-refractivity contribution in [1.29, 1.82) is 0 Å². The molecule has 2 rings (SSSR count). The highest BCUT2D eigenvalue weighted by molar-refractivity contribution is 5.79. The number of carbonyl (C=O) groups is 1. The number of hydrogen-bond acceptors (Lipinski definition) is 2. The van der Waals surface area contributed by atoms with E-state index in [9.17, 15) is 18.0 Å². The summed E-state index contributed by atoms with van der Waals surface area (Å²) in [4.78, 5) is 12.1. The lowest BCUT2D eigenvalue weighted by molar-refractivity contribution is -0.138. The van der Waals surface area contributed by atoms with Gasteiger partial charge in [-0.15, -0.1) is 0 Å². The number of nitrogens with one attached hydrogen (secondary N) is 1. The van der Waals surface area contributed by atoms with Gasteiger partial charge < -0.3 is 11.1 Å². The largest absolute Gasteiger partial charge is 0.416 e. The van der Waals surface area contributed by atoms with Gasteiger partial charge in [-0.1, -0.05) is 31.0 Å². The van der Waals surface area contributed by atoms with Crippen LogP contribution in [0.5, 0.6) is 0 Å². The van der Waals surface area contributed by atoms with Gasteiger partial charge >= 0.3 is 6.18 Å². The van der Waals surface area contributed by atoms with Gasteiger partial charge in [-0.3, -0.25) is 4.79 Å². The van der Waals surface area contributed by atoms with Crippen LogP contribution in [-0.4, -0.2) is 11.9 Å². The lowest BCUT2D eigenvalue weighted by Gasteiger charge is -2.27. The quantitative estimate of drug-likeness (QED) is 0.902. The second-order valence-electron chi connectivity index (χ2n) is 5.43. The number of alkyl halides is 3. The van der Waals surface area contributed by atoms with E-state index in [1.54, 1.807) is 0 Å². The summed E-state index contributed by atoms with van der Waals surface area (Å²) in [5, 5.41) is 2.59. The van der Waals surface area contributed by atoms with Crippen molar-refractivity contribution in [3.8, 4) is 0 Å². The minimum absolute atomic E-state index is 0.0720. The number of carbonyl (C=O) groups excluding carboxylic acids is 1. The van der Waals surface area contributed by atoms with Gasteiger partial charge in [0.15, 0.2) is 0 Å². The predicted octanol–water partition coefficient (Wildman–Crippen LogP) is 2.84. The van der Waals surface area contributed by atoms with E-state index in [0.29, 0.717) is 6.42 Å². The summed E-state index contributed by atoms with van der Waals surface area (Å²) in [7, 11) is 0. The highest BCUT2D eigenvalue weighted by atomic mass is 19.4. The summed E-state index contributed by atoms with van der Waals surface area (Å²) in [6.07, 6.45) is -0.986. The Morgan fingerprint density at radius 3 is 2.57 bits per heavy atom. The molecule has 1 aromatic carbocycles. The number of benzene rings is 1. The minimum Gasteiger partial charge on any atom is -0.352 e. The molecule has 0 spiro atoms. The molecule has 3 nitrogen and oxygen atoms in total. The number of halogens is 3. The summed E-state index contributed by atoms with van der Waals surface area (Å²) in [6.45, 7) is -0.127. The molecule has 116 valence electrons. The molecule has 0 heterocycles. The molecule has 1 fully saturated rings. The van der Waals surface area contributed by atoms with Crippen LogP contribution < -0.4 is 11.1 Å². The first kappa shape index (κ1) is 15.8. The summed E-state index contributed by atoms with van der Waals surface area (Å²) in [6, 6.07) is 5.07. The predicted molar refractivity (Wildman–Crippen MR) is 73.2 cm³/mol. The number of rotatable bonds is 3. The molecule has 1 saturated carbocycles. The van der Waals surface area contributed by atoms with E-state index in [-0.39, 0.29) is 30.0 Å². The fourth-order valence-corrected chi connectivity index (χ4v) is 2.75. The molecule has 21 heavy (non-hydrogen) atoms. The molecule has 0 aliphatic heterocycles. The average molecular weight is 300 g/mol. The highest BCUT2D eigenvalue weighted by Crippen LogP contribution is 2.32. The van der Waals surface area contributed by atoms with Gasteiger partial charge in [0.05, 0.1) is 11.5 Å². The summed E-state index contributed by atoms with van der Waals surface area (Å²) < 4.78 is 38.6. The molecule has 0 aromatic heterocycles. The molecule has 3 N–H and O–H groups in total. The van der Waals surface area contributed by atoms with Crippen LogP contribution in [0.25, 0.3) is 0 Å². The zero-order valence-corrected chi connectivity index (χ0v) is 11.6. The summed E-state index contributed by atoms with van der Waals surface area (Å²) in [5.41, 5.74) is 5.27. The first-order valence-corrected chi connectivity index (χ1v) is 7.08. The maximum atomic E-state index is 12.9. The third kappa shape index (κ3) is 3.97. The van der Waals surface area contributed by atoms with Gasteiger partial charge in [-0.25, -0.2) is 0 Å². The van der Waals surface area contributed by atoms with Gasteiger partial charge in [0.2, 0.25) is 5.91 Å². The van der Waals surface area contributed by atoms with E-state index in [1.807, 2.05) is 0 Å². The molecule has 1 aliphatic carbocycles. The molecule has 0 saturated heterocycles. The Bertz CT molecular complexity index is 502. The van der Waals surface area contributed by atoms with E-state index in [0.717, 1.165) is 25.3 Å². The molecule has 1 aliphatic rings. The first-order valence-electron chi connectivity index (χ1n) is 7.08. The maximum Gasteiger partial charge on any atom is 0.416 e. The number of amides is 1.